The first-order valence-corrected chi connectivity index (χ1v) is 6.01. The molecule has 0 bridgehead atoms. The van der Waals surface area contributed by atoms with Crippen LogP contribution in [0.5, 0.6) is 11.5 Å². The molecule has 1 aliphatic rings. The highest BCUT2D eigenvalue weighted by Gasteiger charge is 2.15. The maximum Gasteiger partial charge on any atom is 0.313 e. The number of benzene rings is 1. The van der Waals surface area contributed by atoms with Gasteiger partial charge in [-0.25, -0.2) is 0 Å². The van der Waals surface area contributed by atoms with Gasteiger partial charge in [0.1, 0.15) is 0 Å². The Kier molecular flexibility index (Phi) is 3.24. The monoisotopic (exact) mass is 240 g/mol. The Morgan fingerprint density at radius 2 is 2.12 bits per heavy atom. The van der Waals surface area contributed by atoms with E-state index in [0.29, 0.717) is 5.75 Å². The van der Waals surface area contributed by atoms with Crippen LogP contribution in [0.3, 0.4) is 0 Å². The first kappa shape index (κ1) is 11.1. The fourth-order valence-corrected chi connectivity index (χ4v) is 2.30. The predicted molar refractivity (Wildman–Crippen MR) is 61.1 cm³/mol. The van der Waals surface area contributed by atoms with Crippen LogP contribution in [0, 0.1) is 6.92 Å². The van der Waals surface area contributed by atoms with Crippen molar-refractivity contribution >= 4 is 17.7 Å². The molecule has 1 aliphatic heterocycles. The van der Waals surface area contributed by atoms with Gasteiger partial charge >= 0.3 is 5.97 Å². The topological polar surface area (TPSA) is 55.8 Å². The lowest BCUT2D eigenvalue weighted by atomic mass is 10.1. The molecule has 0 fully saturated rings. The van der Waals surface area contributed by atoms with Gasteiger partial charge in [0.15, 0.2) is 11.5 Å². The Hall–Kier alpha value is -1.36. The van der Waals surface area contributed by atoms with Crippen LogP contribution in [0.2, 0.25) is 0 Å². The first-order chi connectivity index (χ1) is 7.66. The van der Waals surface area contributed by atoms with Gasteiger partial charge in [0.05, 0.1) is 5.75 Å². The summed E-state index contributed by atoms with van der Waals surface area (Å²) in [5.41, 5.74) is 2.19. The van der Waals surface area contributed by atoms with Gasteiger partial charge in [0, 0.05) is 5.75 Å². The minimum atomic E-state index is -0.789. The third kappa shape index (κ3) is 2.41. The summed E-state index contributed by atoms with van der Waals surface area (Å²) in [5.74, 6) is 1.52. The average molecular weight is 240 g/mol. The Balaban J connectivity index is 2.06. The Morgan fingerprint density at radius 3 is 2.81 bits per heavy atom. The minimum absolute atomic E-state index is 0.119. The van der Waals surface area contributed by atoms with Gasteiger partial charge in [0.25, 0.3) is 0 Å². The molecule has 2 rings (SSSR count). The molecular weight excluding hydrogens is 228 g/mol. The van der Waals surface area contributed by atoms with Crippen LogP contribution in [0.15, 0.2) is 12.1 Å². The highest BCUT2D eigenvalue weighted by molar-refractivity contribution is 7.99. The molecule has 1 aromatic rings. The number of aryl methyl sites for hydroxylation is 1. The number of fused-ring (bicyclic) bond motifs is 1. The number of carbonyl (C=O) groups is 1. The number of hydrogen-bond donors (Lipinski definition) is 1. The zero-order chi connectivity index (χ0) is 11.5. The maximum absolute atomic E-state index is 10.4. The van der Waals surface area contributed by atoms with E-state index in [2.05, 4.69) is 0 Å². The van der Waals surface area contributed by atoms with Crippen LogP contribution in [-0.4, -0.2) is 23.6 Å². The van der Waals surface area contributed by atoms with E-state index in [1.807, 2.05) is 19.1 Å². The SMILES string of the molecule is Cc1cc2c(cc1CSCC(=O)O)OCO2. The van der Waals surface area contributed by atoms with E-state index < -0.39 is 5.97 Å². The number of carboxylic acids is 1. The van der Waals surface area contributed by atoms with E-state index in [9.17, 15) is 4.79 Å². The highest BCUT2D eigenvalue weighted by Crippen LogP contribution is 2.35. The Morgan fingerprint density at radius 1 is 1.44 bits per heavy atom. The maximum atomic E-state index is 10.4. The summed E-state index contributed by atoms with van der Waals surface area (Å²) in [4.78, 5) is 10.4. The van der Waals surface area contributed by atoms with E-state index in [4.69, 9.17) is 14.6 Å². The van der Waals surface area contributed by atoms with Crippen LogP contribution in [0.1, 0.15) is 11.1 Å². The van der Waals surface area contributed by atoms with E-state index in [0.717, 1.165) is 22.6 Å². The molecule has 0 unspecified atom stereocenters. The summed E-state index contributed by atoms with van der Waals surface area (Å²) in [6.45, 7) is 2.25. The van der Waals surface area contributed by atoms with Crippen LogP contribution in [-0.2, 0) is 10.5 Å². The predicted octanol–water partition coefficient (Wildman–Crippen LogP) is 2.04. The molecule has 4 nitrogen and oxygen atoms in total. The molecule has 0 amide bonds. The number of carboxylic acid groups (broad SMARTS) is 1. The zero-order valence-electron chi connectivity index (χ0n) is 8.86. The van der Waals surface area contributed by atoms with Gasteiger partial charge in [-0.15, -0.1) is 11.8 Å². The lowest BCUT2D eigenvalue weighted by Crippen LogP contribution is -1.98. The van der Waals surface area contributed by atoms with Gasteiger partial charge < -0.3 is 14.6 Å². The second-order valence-electron chi connectivity index (χ2n) is 3.52. The number of aliphatic carboxylic acids is 1. The second-order valence-corrected chi connectivity index (χ2v) is 4.50. The summed E-state index contributed by atoms with van der Waals surface area (Å²) in [6, 6.07) is 3.85. The third-order valence-electron chi connectivity index (χ3n) is 2.31. The van der Waals surface area contributed by atoms with Gasteiger partial charge in [-0.05, 0) is 30.2 Å². The number of thioether (sulfide) groups is 1. The minimum Gasteiger partial charge on any atom is -0.481 e. The van der Waals surface area contributed by atoms with Crippen molar-refractivity contribution in [3.8, 4) is 11.5 Å². The third-order valence-corrected chi connectivity index (χ3v) is 3.28. The molecule has 0 saturated heterocycles. The summed E-state index contributed by atoms with van der Waals surface area (Å²) in [5, 5.41) is 8.55. The van der Waals surface area contributed by atoms with Crippen LogP contribution in [0.4, 0.5) is 0 Å². The molecule has 1 N–H and O–H groups in total. The summed E-state index contributed by atoms with van der Waals surface area (Å²) in [7, 11) is 0. The van der Waals surface area contributed by atoms with Gasteiger partial charge in [0.2, 0.25) is 6.79 Å². The summed E-state index contributed by atoms with van der Waals surface area (Å²) >= 11 is 1.38. The van der Waals surface area contributed by atoms with E-state index >= 15 is 0 Å². The van der Waals surface area contributed by atoms with Crippen molar-refractivity contribution in [2.45, 2.75) is 12.7 Å². The van der Waals surface area contributed by atoms with E-state index in [1.165, 1.54) is 11.8 Å². The van der Waals surface area contributed by atoms with Crippen LogP contribution < -0.4 is 9.47 Å². The largest absolute Gasteiger partial charge is 0.481 e. The number of rotatable bonds is 4. The van der Waals surface area contributed by atoms with E-state index in [1.54, 1.807) is 0 Å². The fraction of sp³-hybridized carbons (Fsp3) is 0.364. The van der Waals surface area contributed by atoms with Crippen molar-refractivity contribution in [1.29, 1.82) is 0 Å². The molecule has 0 aliphatic carbocycles. The lowest BCUT2D eigenvalue weighted by molar-refractivity contribution is -0.133. The molecule has 16 heavy (non-hydrogen) atoms. The molecule has 5 heteroatoms. The standard InChI is InChI=1S/C11H12O4S/c1-7-2-9-10(15-6-14-9)3-8(7)4-16-5-11(12)13/h2-3H,4-6H2,1H3,(H,12,13). The molecule has 86 valence electrons. The van der Waals surface area contributed by atoms with Gasteiger partial charge in [-0.3, -0.25) is 4.79 Å². The van der Waals surface area contributed by atoms with Gasteiger partial charge in [-0.2, -0.15) is 0 Å². The van der Waals surface area contributed by atoms with Crippen molar-refractivity contribution in [3.63, 3.8) is 0 Å². The van der Waals surface area contributed by atoms with Crippen molar-refractivity contribution in [2.24, 2.45) is 0 Å². The smallest absolute Gasteiger partial charge is 0.313 e. The van der Waals surface area contributed by atoms with Crippen molar-refractivity contribution in [1.82, 2.24) is 0 Å². The molecule has 0 radical (unpaired) electrons. The van der Waals surface area contributed by atoms with Crippen LogP contribution >= 0.6 is 11.8 Å². The molecule has 0 spiro atoms. The Labute approximate surface area is 97.6 Å². The Bertz CT molecular complexity index is 417. The second kappa shape index (κ2) is 4.65. The fourth-order valence-electron chi connectivity index (χ4n) is 1.49. The summed E-state index contributed by atoms with van der Waals surface area (Å²) < 4.78 is 10.5. The average Bonchev–Trinajstić information content (AvgIpc) is 2.64. The molecule has 1 heterocycles. The molecule has 0 atom stereocenters. The first-order valence-electron chi connectivity index (χ1n) is 4.85. The zero-order valence-corrected chi connectivity index (χ0v) is 9.67. The van der Waals surface area contributed by atoms with Crippen molar-refractivity contribution in [3.05, 3.63) is 23.3 Å². The normalized spacial score (nSPS) is 12.8. The molecule has 0 saturated carbocycles. The quantitative estimate of drug-likeness (QED) is 0.872. The van der Waals surface area contributed by atoms with Gasteiger partial charge in [-0.1, -0.05) is 0 Å². The number of ether oxygens (including phenoxy) is 2. The van der Waals surface area contributed by atoms with E-state index in [-0.39, 0.29) is 12.5 Å². The summed E-state index contributed by atoms with van der Waals surface area (Å²) in [6.07, 6.45) is 0. The number of hydrogen-bond acceptors (Lipinski definition) is 4. The van der Waals surface area contributed by atoms with Crippen molar-refractivity contribution in [2.75, 3.05) is 12.5 Å². The van der Waals surface area contributed by atoms with Crippen molar-refractivity contribution < 1.29 is 19.4 Å². The molecule has 1 aromatic carbocycles. The molecule has 0 aromatic heterocycles. The molecular formula is C11H12O4S. The highest BCUT2D eigenvalue weighted by atomic mass is 32.2. The lowest BCUT2D eigenvalue weighted by Gasteiger charge is -2.06. The van der Waals surface area contributed by atoms with Crippen LogP contribution in [0.25, 0.3) is 0 Å².